The fraction of sp³-hybridized carbons (Fsp3) is 0.182. The van der Waals surface area contributed by atoms with E-state index in [-0.39, 0.29) is 5.78 Å². The summed E-state index contributed by atoms with van der Waals surface area (Å²) in [6.45, 7) is 1.87. The van der Waals surface area contributed by atoms with Crippen LogP contribution in [-0.2, 0) is 4.79 Å². The summed E-state index contributed by atoms with van der Waals surface area (Å²) < 4.78 is 0. The van der Waals surface area contributed by atoms with Gasteiger partial charge in [-0.2, -0.15) is 0 Å². The Morgan fingerprint density at radius 3 is 3.00 bits per heavy atom. The molecule has 0 bridgehead atoms. The first-order valence-electron chi connectivity index (χ1n) is 4.58. The fourth-order valence-electron chi connectivity index (χ4n) is 1.25. The average molecular weight is 205 g/mol. The van der Waals surface area contributed by atoms with E-state index in [1.807, 2.05) is 31.2 Å². The van der Waals surface area contributed by atoms with E-state index in [9.17, 15) is 4.79 Å². The molecule has 2 rings (SSSR count). The van der Waals surface area contributed by atoms with E-state index in [2.05, 4.69) is 5.32 Å². The summed E-state index contributed by atoms with van der Waals surface area (Å²) >= 11 is 1.61. The molecule has 1 aromatic rings. The predicted molar refractivity (Wildman–Crippen MR) is 59.3 cm³/mol. The normalized spacial score (nSPS) is 16.5. The van der Waals surface area contributed by atoms with Crippen LogP contribution in [0.5, 0.6) is 0 Å². The van der Waals surface area contributed by atoms with Crippen molar-refractivity contribution in [3.8, 4) is 0 Å². The second-order valence-electron chi connectivity index (χ2n) is 3.05. The molecular formula is C11H11NOS. The standard InChI is InChI=1S/C11H11NOS/c1-2-8(13)7-11-12-9-5-3-4-6-10(9)14-11/h3-7,12H,2H2,1H3/b11-7-. The molecule has 0 radical (unpaired) electrons. The highest BCUT2D eigenvalue weighted by Gasteiger charge is 2.14. The minimum Gasteiger partial charge on any atom is -0.349 e. The Kier molecular flexibility index (Phi) is 2.59. The van der Waals surface area contributed by atoms with Crippen LogP contribution in [0.1, 0.15) is 13.3 Å². The van der Waals surface area contributed by atoms with E-state index in [0.717, 1.165) is 10.7 Å². The molecule has 0 spiro atoms. The number of benzene rings is 1. The van der Waals surface area contributed by atoms with Gasteiger partial charge in [-0.15, -0.1) is 0 Å². The van der Waals surface area contributed by atoms with Crippen LogP contribution in [0.3, 0.4) is 0 Å². The van der Waals surface area contributed by atoms with Crippen molar-refractivity contribution in [2.75, 3.05) is 5.32 Å². The number of nitrogens with one attached hydrogen (secondary N) is 1. The Balaban J connectivity index is 2.19. The Labute approximate surface area is 87.4 Å². The summed E-state index contributed by atoms with van der Waals surface area (Å²) in [5, 5.41) is 4.13. The number of carbonyl (C=O) groups excluding carboxylic acids is 1. The van der Waals surface area contributed by atoms with E-state index < -0.39 is 0 Å². The van der Waals surface area contributed by atoms with Crippen LogP contribution in [0.15, 0.2) is 40.3 Å². The first kappa shape index (κ1) is 9.34. The zero-order valence-electron chi connectivity index (χ0n) is 7.91. The van der Waals surface area contributed by atoms with E-state index in [1.54, 1.807) is 17.8 Å². The Bertz CT molecular complexity index is 371. The van der Waals surface area contributed by atoms with Gasteiger partial charge in [0, 0.05) is 17.4 Å². The second kappa shape index (κ2) is 3.88. The molecule has 1 aliphatic heterocycles. The lowest BCUT2D eigenvalue weighted by Crippen LogP contribution is -1.94. The summed E-state index contributed by atoms with van der Waals surface area (Å²) in [6.07, 6.45) is 2.23. The zero-order chi connectivity index (χ0) is 9.97. The highest BCUT2D eigenvalue weighted by Crippen LogP contribution is 2.40. The minimum atomic E-state index is 0.160. The van der Waals surface area contributed by atoms with Crippen molar-refractivity contribution in [2.24, 2.45) is 0 Å². The molecule has 14 heavy (non-hydrogen) atoms. The maximum absolute atomic E-state index is 11.2. The van der Waals surface area contributed by atoms with Crippen molar-refractivity contribution in [3.05, 3.63) is 35.4 Å². The third kappa shape index (κ3) is 1.82. The predicted octanol–water partition coefficient (Wildman–Crippen LogP) is 3.02. The minimum absolute atomic E-state index is 0.160. The van der Waals surface area contributed by atoms with Crippen LogP contribution >= 0.6 is 11.8 Å². The Morgan fingerprint density at radius 2 is 2.29 bits per heavy atom. The smallest absolute Gasteiger partial charge is 0.158 e. The number of thioether (sulfide) groups is 1. The summed E-state index contributed by atoms with van der Waals surface area (Å²) in [6, 6.07) is 8.04. The van der Waals surface area contributed by atoms with Crippen LogP contribution in [0.2, 0.25) is 0 Å². The van der Waals surface area contributed by atoms with Gasteiger partial charge in [0.1, 0.15) is 0 Å². The van der Waals surface area contributed by atoms with Crippen molar-refractivity contribution in [2.45, 2.75) is 18.2 Å². The molecule has 1 aromatic carbocycles. The maximum atomic E-state index is 11.2. The van der Waals surface area contributed by atoms with Crippen molar-refractivity contribution in [3.63, 3.8) is 0 Å². The van der Waals surface area contributed by atoms with Crippen LogP contribution in [0.25, 0.3) is 0 Å². The molecule has 1 heterocycles. The number of hydrogen-bond donors (Lipinski definition) is 1. The van der Waals surface area contributed by atoms with Gasteiger partial charge in [0.25, 0.3) is 0 Å². The van der Waals surface area contributed by atoms with Gasteiger partial charge in [-0.25, -0.2) is 0 Å². The number of hydrogen-bond acceptors (Lipinski definition) is 3. The number of para-hydroxylation sites is 1. The summed E-state index contributed by atoms with van der Waals surface area (Å²) in [5.41, 5.74) is 1.09. The lowest BCUT2D eigenvalue weighted by Gasteiger charge is -1.96. The summed E-state index contributed by atoms with van der Waals surface area (Å²) in [4.78, 5) is 12.4. The third-order valence-electron chi connectivity index (χ3n) is 2.01. The number of rotatable bonds is 2. The molecule has 0 atom stereocenters. The summed E-state index contributed by atoms with van der Waals surface area (Å²) in [7, 11) is 0. The van der Waals surface area contributed by atoms with E-state index in [1.165, 1.54) is 4.90 Å². The van der Waals surface area contributed by atoms with Crippen molar-refractivity contribution < 1.29 is 4.79 Å². The van der Waals surface area contributed by atoms with Gasteiger partial charge in [-0.05, 0) is 12.1 Å². The summed E-state index contributed by atoms with van der Waals surface area (Å²) in [5.74, 6) is 0.160. The lowest BCUT2D eigenvalue weighted by molar-refractivity contribution is -0.114. The molecule has 0 fully saturated rings. The highest BCUT2D eigenvalue weighted by atomic mass is 32.2. The largest absolute Gasteiger partial charge is 0.349 e. The average Bonchev–Trinajstić information content (AvgIpc) is 2.59. The first-order chi connectivity index (χ1) is 6.79. The van der Waals surface area contributed by atoms with Gasteiger partial charge in [0.15, 0.2) is 5.78 Å². The zero-order valence-corrected chi connectivity index (χ0v) is 8.73. The molecule has 1 N–H and O–H groups in total. The molecule has 0 saturated carbocycles. The number of carbonyl (C=O) groups is 1. The van der Waals surface area contributed by atoms with Crippen molar-refractivity contribution in [1.82, 2.24) is 0 Å². The van der Waals surface area contributed by atoms with Gasteiger partial charge >= 0.3 is 0 Å². The van der Waals surface area contributed by atoms with Gasteiger partial charge in [0.2, 0.25) is 0 Å². The fourth-order valence-corrected chi connectivity index (χ4v) is 2.21. The quantitative estimate of drug-likeness (QED) is 0.752. The topological polar surface area (TPSA) is 29.1 Å². The molecule has 0 aliphatic carbocycles. The van der Waals surface area contributed by atoms with E-state index in [4.69, 9.17) is 0 Å². The van der Waals surface area contributed by atoms with Crippen LogP contribution in [0, 0.1) is 0 Å². The van der Waals surface area contributed by atoms with Crippen LogP contribution in [0.4, 0.5) is 5.69 Å². The molecule has 0 amide bonds. The second-order valence-corrected chi connectivity index (χ2v) is 4.14. The van der Waals surface area contributed by atoms with Gasteiger partial charge < -0.3 is 5.32 Å². The molecule has 0 aromatic heterocycles. The number of fused-ring (bicyclic) bond motifs is 1. The van der Waals surface area contributed by atoms with Crippen molar-refractivity contribution >= 4 is 23.2 Å². The maximum Gasteiger partial charge on any atom is 0.158 e. The van der Waals surface area contributed by atoms with Gasteiger partial charge in [-0.1, -0.05) is 30.8 Å². The molecule has 0 saturated heterocycles. The Hall–Kier alpha value is -1.22. The number of allylic oxidation sites excluding steroid dienone is 1. The molecule has 1 aliphatic rings. The first-order valence-corrected chi connectivity index (χ1v) is 5.39. The molecule has 72 valence electrons. The lowest BCUT2D eigenvalue weighted by atomic mass is 10.3. The van der Waals surface area contributed by atoms with E-state index >= 15 is 0 Å². The molecule has 2 nitrogen and oxygen atoms in total. The van der Waals surface area contributed by atoms with Gasteiger partial charge in [0.05, 0.1) is 10.7 Å². The van der Waals surface area contributed by atoms with Crippen molar-refractivity contribution in [1.29, 1.82) is 0 Å². The molecule has 0 unspecified atom stereocenters. The van der Waals surface area contributed by atoms with Gasteiger partial charge in [-0.3, -0.25) is 4.79 Å². The molecular weight excluding hydrogens is 194 g/mol. The third-order valence-corrected chi connectivity index (χ3v) is 3.02. The van der Waals surface area contributed by atoms with Crippen LogP contribution < -0.4 is 5.32 Å². The Morgan fingerprint density at radius 1 is 1.50 bits per heavy atom. The number of ketones is 1. The highest BCUT2D eigenvalue weighted by molar-refractivity contribution is 8.03. The van der Waals surface area contributed by atoms with E-state index in [0.29, 0.717) is 6.42 Å². The molecule has 3 heteroatoms. The van der Waals surface area contributed by atoms with Crippen LogP contribution in [-0.4, -0.2) is 5.78 Å². The monoisotopic (exact) mass is 205 g/mol. The number of anilines is 1. The SMILES string of the molecule is CCC(=O)/C=C1/Nc2ccccc2S1.